The van der Waals surface area contributed by atoms with Gasteiger partial charge in [0.2, 0.25) is 0 Å². The number of nitrogens with two attached hydrogens (primary N) is 1. The molecule has 0 fully saturated rings. The Balaban J connectivity index is 0.000000423. The first-order chi connectivity index (χ1) is 6.84. The molecule has 3 N–H and O–H groups in total. The van der Waals surface area contributed by atoms with Gasteiger partial charge in [-0.1, -0.05) is 17.2 Å². The van der Waals surface area contributed by atoms with Crippen molar-refractivity contribution < 1.29 is 9.90 Å². The third-order valence-corrected chi connectivity index (χ3v) is 1.57. The van der Waals surface area contributed by atoms with Crippen LogP contribution in [0.3, 0.4) is 0 Å². The van der Waals surface area contributed by atoms with E-state index < -0.39 is 5.97 Å². The van der Waals surface area contributed by atoms with Crippen LogP contribution in [0.4, 0.5) is 5.69 Å². The standard InChI is InChI=1S/C7H6ClNO2.C4H8/c8-5-3-4(7(10)11)1-2-6(5)9;1-4(2)3/h1-3H,9H2,(H,10,11);1H2,2-3H3. The smallest absolute Gasteiger partial charge is 0.335 e. The molecule has 0 unspecified atom stereocenters. The van der Waals surface area contributed by atoms with Crippen LogP contribution in [0, 0.1) is 0 Å². The summed E-state index contributed by atoms with van der Waals surface area (Å²) in [6.07, 6.45) is 0. The molecule has 1 rings (SSSR count). The van der Waals surface area contributed by atoms with E-state index in [2.05, 4.69) is 6.58 Å². The number of hydrogen-bond donors (Lipinski definition) is 2. The highest BCUT2D eigenvalue weighted by Crippen LogP contribution is 2.19. The molecule has 0 bridgehead atoms. The van der Waals surface area contributed by atoms with Gasteiger partial charge in [-0.15, -0.1) is 6.58 Å². The van der Waals surface area contributed by atoms with Crippen molar-refractivity contribution in [2.75, 3.05) is 5.73 Å². The summed E-state index contributed by atoms with van der Waals surface area (Å²) in [6, 6.07) is 4.19. The average molecular weight is 228 g/mol. The van der Waals surface area contributed by atoms with Gasteiger partial charge in [-0.2, -0.15) is 0 Å². The average Bonchev–Trinajstić information content (AvgIpc) is 2.08. The second-order valence-electron chi connectivity index (χ2n) is 3.25. The highest BCUT2D eigenvalue weighted by Gasteiger charge is 2.03. The number of hydrogen-bond acceptors (Lipinski definition) is 2. The maximum Gasteiger partial charge on any atom is 0.335 e. The van der Waals surface area contributed by atoms with E-state index in [1.54, 1.807) is 0 Å². The number of rotatable bonds is 1. The van der Waals surface area contributed by atoms with E-state index in [4.69, 9.17) is 22.4 Å². The van der Waals surface area contributed by atoms with Crippen LogP contribution in [0.15, 0.2) is 30.4 Å². The fourth-order valence-corrected chi connectivity index (χ4v) is 0.841. The van der Waals surface area contributed by atoms with Crippen LogP contribution >= 0.6 is 11.6 Å². The van der Waals surface area contributed by atoms with Gasteiger partial charge in [0.1, 0.15) is 0 Å². The predicted octanol–water partition coefficient (Wildman–Crippen LogP) is 3.20. The van der Waals surface area contributed by atoms with E-state index in [0.717, 1.165) is 0 Å². The van der Waals surface area contributed by atoms with E-state index in [0.29, 0.717) is 5.69 Å². The zero-order valence-electron chi connectivity index (χ0n) is 8.75. The highest BCUT2D eigenvalue weighted by atomic mass is 35.5. The molecule has 15 heavy (non-hydrogen) atoms. The number of carboxylic acids is 1. The lowest BCUT2D eigenvalue weighted by Crippen LogP contribution is -1.96. The summed E-state index contributed by atoms with van der Waals surface area (Å²) >= 11 is 5.57. The van der Waals surface area contributed by atoms with E-state index in [1.807, 2.05) is 13.8 Å². The van der Waals surface area contributed by atoms with Crippen molar-refractivity contribution in [2.24, 2.45) is 0 Å². The van der Waals surface area contributed by atoms with Gasteiger partial charge in [-0.3, -0.25) is 0 Å². The minimum absolute atomic E-state index is 0.143. The highest BCUT2D eigenvalue weighted by molar-refractivity contribution is 6.33. The molecule has 0 heterocycles. The maximum absolute atomic E-state index is 10.4. The topological polar surface area (TPSA) is 63.3 Å². The van der Waals surface area contributed by atoms with Gasteiger partial charge in [0.15, 0.2) is 0 Å². The molecule has 0 aliphatic heterocycles. The van der Waals surface area contributed by atoms with Crippen LogP contribution in [-0.2, 0) is 0 Å². The van der Waals surface area contributed by atoms with Crippen molar-refractivity contribution in [3.05, 3.63) is 40.9 Å². The summed E-state index contributed by atoms with van der Waals surface area (Å²) in [5, 5.41) is 8.77. The molecule has 3 nitrogen and oxygen atoms in total. The van der Waals surface area contributed by atoms with Crippen molar-refractivity contribution in [1.29, 1.82) is 0 Å². The first-order valence-corrected chi connectivity index (χ1v) is 4.62. The summed E-state index contributed by atoms with van der Waals surface area (Å²) in [5.41, 5.74) is 7.06. The minimum Gasteiger partial charge on any atom is -0.478 e. The lowest BCUT2D eigenvalue weighted by Gasteiger charge is -1.97. The molecule has 0 spiro atoms. The van der Waals surface area contributed by atoms with E-state index in [1.165, 1.54) is 23.8 Å². The first-order valence-electron chi connectivity index (χ1n) is 4.25. The second kappa shape index (κ2) is 6.09. The van der Waals surface area contributed by atoms with Crippen LogP contribution in [0.25, 0.3) is 0 Å². The normalized spacial score (nSPS) is 8.73. The molecule has 0 saturated heterocycles. The Kier molecular flexibility index (Phi) is 5.49. The van der Waals surface area contributed by atoms with Gasteiger partial charge >= 0.3 is 5.97 Å². The summed E-state index contributed by atoms with van der Waals surface area (Å²) in [5.74, 6) is -1.01. The molecule has 4 heteroatoms. The third-order valence-electron chi connectivity index (χ3n) is 1.25. The van der Waals surface area contributed by atoms with Crippen molar-refractivity contribution in [1.82, 2.24) is 0 Å². The Morgan fingerprint density at radius 1 is 1.47 bits per heavy atom. The zero-order chi connectivity index (χ0) is 12.0. The van der Waals surface area contributed by atoms with Crippen molar-refractivity contribution in [2.45, 2.75) is 13.8 Å². The number of nitrogen functional groups attached to an aromatic ring is 1. The third kappa shape index (κ3) is 5.75. The van der Waals surface area contributed by atoms with Gasteiger partial charge in [-0.05, 0) is 32.0 Å². The zero-order valence-corrected chi connectivity index (χ0v) is 9.51. The Hall–Kier alpha value is -1.48. The Labute approximate surface area is 94.2 Å². The minimum atomic E-state index is -1.01. The molecule has 1 aromatic carbocycles. The number of benzene rings is 1. The molecule has 1 aromatic rings. The Bertz CT molecular complexity index is 371. The Morgan fingerprint density at radius 2 is 1.93 bits per heavy atom. The van der Waals surface area contributed by atoms with E-state index in [-0.39, 0.29) is 10.6 Å². The van der Waals surface area contributed by atoms with Crippen LogP contribution in [0.5, 0.6) is 0 Å². The lowest BCUT2D eigenvalue weighted by molar-refractivity contribution is 0.0697. The number of halogens is 1. The van der Waals surface area contributed by atoms with Crippen molar-refractivity contribution in [3.8, 4) is 0 Å². The summed E-state index contributed by atoms with van der Waals surface area (Å²) in [6.45, 7) is 7.50. The molecule has 0 aliphatic rings. The quantitative estimate of drug-likeness (QED) is 0.572. The van der Waals surface area contributed by atoms with Crippen LogP contribution in [-0.4, -0.2) is 11.1 Å². The largest absolute Gasteiger partial charge is 0.478 e. The predicted molar refractivity (Wildman–Crippen MR) is 63.3 cm³/mol. The van der Waals surface area contributed by atoms with Gasteiger partial charge in [-0.25, -0.2) is 4.79 Å². The van der Waals surface area contributed by atoms with E-state index >= 15 is 0 Å². The summed E-state index contributed by atoms with van der Waals surface area (Å²) in [7, 11) is 0. The number of anilines is 1. The molecular weight excluding hydrogens is 214 g/mol. The number of allylic oxidation sites excluding steroid dienone is 1. The Morgan fingerprint density at radius 3 is 2.27 bits per heavy atom. The van der Waals surface area contributed by atoms with Crippen molar-refractivity contribution >= 4 is 23.3 Å². The maximum atomic E-state index is 10.4. The summed E-state index contributed by atoms with van der Waals surface area (Å²) < 4.78 is 0. The number of aromatic carboxylic acids is 1. The SMILES string of the molecule is C=C(C)C.Nc1ccc(C(=O)O)cc1Cl. The van der Waals surface area contributed by atoms with Crippen LogP contribution in [0.1, 0.15) is 24.2 Å². The summed E-state index contributed by atoms with van der Waals surface area (Å²) in [4.78, 5) is 10.4. The fraction of sp³-hybridized carbons (Fsp3) is 0.182. The molecular formula is C11H14ClNO2. The molecule has 0 radical (unpaired) electrons. The van der Waals surface area contributed by atoms with Gasteiger partial charge < -0.3 is 10.8 Å². The fourth-order valence-electron chi connectivity index (χ4n) is 0.660. The van der Waals surface area contributed by atoms with Gasteiger partial charge in [0, 0.05) is 0 Å². The molecule has 0 aliphatic carbocycles. The second-order valence-corrected chi connectivity index (χ2v) is 3.66. The van der Waals surface area contributed by atoms with E-state index in [9.17, 15) is 4.79 Å². The van der Waals surface area contributed by atoms with Crippen LogP contribution < -0.4 is 5.73 Å². The molecule has 0 amide bonds. The molecule has 0 atom stereocenters. The first kappa shape index (κ1) is 13.5. The molecule has 0 aromatic heterocycles. The van der Waals surface area contributed by atoms with Gasteiger partial charge in [0.25, 0.3) is 0 Å². The van der Waals surface area contributed by atoms with Crippen molar-refractivity contribution in [3.63, 3.8) is 0 Å². The number of carboxylic acid groups (broad SMARTS) is 1. The lowest BCUT2D eigenvalue weighted by atomic mass is 10.2. The van der Waals surface area contributed by atoms with Gasteiger partial charge in [0.05, 0.1) is 16.3 Å². The number of carbonyl (C=O) groups is 1. The molecule has 82 valence electrons. The molecule has 0 saturated carbocycles. The van der Waals surface area contributed by atoms with Crippen LogP contribution in [0.2, 0.25) is 5.02 Å². The monoisotopic (exact) mass is 227 g/mol.